The second kappa shape index (κ2) is 6.12. The van der Waals surface area contributed by atoms with E-state index in [1.54, 1.807) is 11.3 Å². The van der Waals surface area contributed by atoms with E-state index < -0.39 is 0 Å². The van der Waals surface area contributed by atoms with Gasteiger partial charge in [0.05, 0.1) is 10.6 Å². The van der Waals surface area contributed by atoms with Gasteiger partial charge in [-0.15, -0.1) is 11.3 Å². The summed E-state index contributed by atoms with van der Waals surface area (Å²) in [6, 6.07) is 0.562. The summed E-state index contributed by atoms with van der Waals surface area (Å²) in [4.78, 5) is 4.65. The summed E-state index contributed by atoms with van der Waals surface area (Å²) < 4.78 is 6.07. The first kappa shape index (κ1) is 14.5. The topological polar surface area (TPSA) is 34.2 Å². The molecular formula is C16H26N2OS. The van der Waals surface area contributed by atoms with E-state index in [1.165, 1.54) is 37.1 Å². The van der Waals surface area contributed by atoms with Crippen LogP contribution in [0.1, 0.15) is 49.7 Å². The molecule has 3 rings (SSSR count). The lowest BCUT2D eigenvalue weighted by atomic mass is 9.70. The van der Waals surface area contributed by atoms with Crippen LogP contribution in [0.15, 0.2) is 5.38 Å². The van der Waals surface area contributed by atoms with Crippen LogP contribution in [0, 0.1) is 12.8 Å². The molecule has 0 aromatic carbocycles. The van der Waals surface area contributed by atoms with Crippen molar-refractivity contribution in [3.05, 3.63) is 16.1 Å². The number of aryl methyl sites for hydroxylation is 1. The number of nitrogens with one attached hydrogen (secondary N) is 1. The Morgan fingerprint density at radius 1 is 1.55 bits per heavy atom. The minimum absolute atomic E-state index is 0.245. The summed E-state index contributed by atoms with van der Waals surface area (Å²) >= 11 is 1.81. The third kappa shape index (κ3) is 3.07. The fourth-order valence-electron chi connectivity index (χ4n) is 3.68. The van der Waals surface area contributed by atoms with Crippen molar-refractivity contribution in [3.8, 4) is 0 Å². The number of aromatic nitrogens is 1. The van der Waals surface area contributed by atoms with Crippen molar-refractivity contribution in [2.24, 2.45) is 5.92 Å². The van der Waals surface area contributed by atoms with Gasteiger partial charge in [-0.25, -0.2) is 4.98 Å². The number of likely N-dealkylation sites (N-methyl/N-ethyl adjacent to an activating group) is 1. The molecule has 1 aliphatic heterocycles. The maximum atomic E-state index is 6.07. The van der Waals surface area contributed by atoms with Crippen molar-refractivity contribution in [3.63, 3.8) is 0 Å². The molecule has 20 heavy (non-hydrogen) atoms. The molecule has 1 N–H and O–H groups in total. The Balaban J connectivity index is 1.66. The maximum absolute atomic E-state index is 6.07. The van der Waals surface area contributed by atoms with Crippen molar-refractivity contribution in [1.29, 1.82) is 0 Å². The molecule has 2 aliphatic rings. The van der Waals surface area contributed by atoms with Crippen molar-refractivity contribution in [2.75, 3.05) is 13.2 Å². The Labute approximate surface area is 126 Å². The Bertz CT molecular complexity index is 441. The van der Waals surface area contributed by atoms with Crippen LogP contribution in [0.3, 0.4) is 0 Å². The van der Waals surface area contributed by atoms with Crippen molar-refractivity contribution in [1.82, 2.24) is 10.3 Å². The van der Waals surface area contributed by atoms with Gasteiger partial charge in [-0.3, -0.25) is 0 Å². The van der Waals surface area contributed by atoms with Crippen molar-refractivity contribution >= 4 is 11.3 Å². The Hall–Kier alpha value is -0.450. The Morgan fingerprint density at radius 2 is 2.40 bits per heavy atom. The van der Waals surface area contributed by atoms with Crippen LogP contribution in [0.5, 0.6) is 0 Å². The lowest BCUT2D eigenvalue weighted by molar-refractivity contribution is -0.147. The van der Waals surface area contributed by atoms with Gasteiger partial charge >= 0.3 is 0 Å². The highest BCUT2D eigenvalue weighted by atomic mass is 32.1. The van der Waals surface area contributed by atoms with E-state index in [4.69, 9.17) is 4.74 Å². The molecular weight excluding hydrogens is 268 g/mol. The second-order valence-corrected chi connectivity index (χ2v) is 7.33. The van der Waals surface area contributed by atoms with Gasteiger partial charge in [0, 0.05) is 30.1 Å². The zero-order valence-electron chi connectivity index (χ0n) is 12.7. The molecule has 2 unspecified atom stereocenters. The summed E-state index contributed by atoms with van der Waals surface area (Å²) in [6.45, 7) is 6.28. The van der Waals surface area contributed by atoms with Crippen molar-refractivity contribution in [2.45, 2.75) is 64.0 Å². The van der Waals surface area contributed by atoms with E-state index >= 15 is 0 Å². The van der Waals surface area contributed by atoms with Crippen LogP contribution in [-0.2, 0) is 11.2 Å². The molecule has 1 saturated carbocycles. The first-order valence-corrected chi connectivity index (χ1v) is 8.87. The van der Waals surface area contributed by atoms with Gasteiger partial charge < -0.3 is 10.1 Å². The summed E-state index contributed by atoms with van der Waals surface area (Å²) in [5.41, 5.74) is 1.40. The number of thiazole rings is 1. The van der Waals surface area contributed by atoms with Gasteiger partial charge in [-0.1, -0.05) is 6.92 Å². The van der Waals surface area contributed by atoms with Crippen LogP contribution in [-0.4, -0.2) is 29.8 Å². The summed E-state index contributed by atoms with van der Waals surface area (Å²) in [5.74, 6) is 0.744. The first-order valence-electron chi connectivity index (χ1n) is 7.99. The molecule has 2 heterocycles. The number of hydrogen-bond donors (Lipinski definition) is 1. The molecule has 1 aliphatic carbocycles. The molecule has 1 aromatic heterocycles. The summed E-state index contributed by atoms with van der Waals surface area (Å²) in [5, 5.41) is 7.15. The van der Waals surface area contributed by atoms with Crippen LogP contribution in [0.4, 0.5) is 0 Å². The maximum Gasteiger partial charge on any atom is 0.0943 e. The number of ether oxygens (including phenoxy) is 1. The lowest BCUT2D eigenvalue weighted by Crippen LogP contribution is -2.50. The highest BCUT2D eigenvalue weighted by Crippen LogP contribution is 2.45. The predicted octanol–water partition coefficient (Wildman–Crippen LogP) is 3.32. The number of hydrogen-bond acceptors (Lipinski definition) is 4. The van der Waals surface area contributed by atoms with Gasteiger partial charge in [-0.05, 0) is 51.5 Å². The van der Waals surface area contributed by atoms with Crippen LogP contribution in [0.25, 0.3) is 0 Å². The van der Waals surface area contributed by atoms with Gasteiger partial charge in [-0.2, -0.15) is 0 Å². The zero-order chi connectivity index (χ0) is 14.0. The fourth-order valence-corrected chi connectivity index (χ4v) is 4.51. The number of rotatable bonds is 5. The summed E-state index contributed by atoms with van der Waals surface area (Å²) in [6.07, 6.45) is 7.42. The smallest absolute Gasteiger partial charge is 0.0943 e. The van der Waals surface area contributed by atoms with Crippen LogP contribution >= 0.6 is 11.3 Å². The van der Waals surface area contributed by atoms with Gasteiger partial charge in [0.25, 0.3) is 0 Å². The predicted molar refractivity (Wildman–Crippen MR) is 83.3 cm³/mol. The molecule has 4 heteroatoms. The molecule has 0 bridgehead atoms. The van der Waals surface area contributed by atoms with Crippen LogP contribution in [0.2, 0.25) is 0 Å². The first-order chi connectivity index (χ1) is 9.71. The molecule has 2 atom stereocenters. The summed E-state index contributed by atoms with van der Waals surface area (Å²) in [7, 11) is 0. The third-order valence-electron chi connectivity index (χ3n) is 4.89. The van der Waals surface area contributed by atoms with Crippen molar-refractivity contribution < 1.29 is 4.74 Å². The van der Waals surface area contributed by atoms with E-state index in [0.29, 0.717) is 6.04 Å². The van der Waals surface area contributed by atoms with E-state index in [2.05, 4.69) is 29.5 Å². The number of nitrogens with zero attached hydrogens (tertiary/aromatic N) is 1. The molecule has 1 saturated heterocycles. The molecule has 3 nitrogen and oxygen atoms in total. The minimum atomic E-state index is 0.245. The van der Waals surface area contributed by atoms with Gasteiger partial charge in [0.1, 0.15) is 0 Å². The normalized spacial score (nSPS) is 26.4. The fraction of sp³-hybridized carbons (Fsp3) is 0.812. The molecule has 112 valence electrons. The quantitative estimate of drug-likeness (QED) is 0.904. The molecule has 1 spiro atoms. The highest BCUT2D eigenvalue weighted by molar-refractivity contribution is 7.09. The monoisotopic (exact) mass is 294 g/mol. The highest BCUT2D eigenvalue weighted by Gasteiger charge is 2.44. The zero-order valence-corrected chi connectivity index (χ0v) is 13.5. The third-order valence-corrected chi connectivity index (χ3v) is 5.88. The standard InChI is InChI=1S/C16H26N2OS/c1-3-17-14(9-15-18-12(2)11-20-15)13-5-8-19-16(10-13)6-4-7-16/h11,13-14,17H,3-10H2,1-2H3. The van der Waals surface area contributed by atoms with E-state index in [-0.39, 0.29) is 5.60 Å². The largest absolute Gasteiger partial charge is 0.375 e. The average molecular weight is 294 g/mol. The minimum Gasteiger partial charge on any atom is -0.375 e. The van der Waals surface area contributed by atoms with Gasteiger partial charge in [0.15, 0.2) is 0 Å². The SMILES string of the molecule is CCNC(Cc1nc(C)cs1)C1CCOC2(CCC2)C1. The molecule has 1 aromatic rings. The van der Waals surface area contributed by atoms with E-state index in [9.17, 15) is 0 Å². The van der Waals surface area contributed by atoms with E-state index in [0.717, 1.165) is 31.2 Å². The second-order valence-electron chi connectivity index (χ2n) is 6.39. The Morgan fingerprint density at radius 3 is 3.00 bits per heavy atom. The molecule has 0 amide bonds. The van der Waals surface area contributed by atoms with Crippen LogP contribution < -0.4 is 5.32 Å². The molecule has 2 fully saturated rings. The molecule has 0 radical (unpaired) electrons. The van der Waals surface area contributed by atoms with Gasteiger partial charge in [0.2, 0.25) is 0 Å². The van der Waals surface area contributed by atoms with E-state index in [1.807, 2.05) is 0 Å². The average Bonchev–Trinajstić information content (AvgIpc) is 2.82. The Kier molecular flexibility index (Phi) is 4.43. The lowest BCUT2D eigenvalue weighted by Gasteiger charge is -2.48.